The number of carbonyl (C=O) groups excluding carboxylic acids is 1. The van der Waals surface area contributed by atoms with Gasteiger partial charge in [-0.1, -0.05) is 18.2 Å². The highest BCUT2D eigenvalue weighted by Gasteiger charge is 2.45. The average molecular weight is 441 g/mol. The molecule has 1 aromatic carbocycles. The van der Waals surface area contributed by atoms with E-state index in [-0.39, 0.29) is 5.91 Å². The molecule has 8 heteroatoms. The first kappa shape index (κ1) is 22.6. The predicted octanol–water partition coefficient (Wildman–Crippen LogP) is 3.32. The van der Waals surface area contributed by atoms with Crippen molar-refractivity contribution in [1.82, 2.24) is 9.80 Å². The highest BCUT2D eigenvalue weighted by Crippen LogP contribution is 2.40. The van der Waals surface area contributed by atoms with Crippen LogP contribution in [0.1, 0.15) is 36.8 Å². The fourth-order valence-corrected chi connectivity index (χ4v) is 5.11. The molecule has 0 spiro atoms. The number of morpholine rings is 1. The zero-order chi connectivity index (χ0) is 21.9. The molecule has 3 aliphatic rings. The molecule has 3 saturated heterocycles. The van der Waals surface area contributed by atoms with Gasteiger partial charge in [-0.3, -0.25) is 9.69 Å². The van der Waals surface area contributed by atoms with Crippen LogP contribution in [0, 0.1) is 5.92 Å². The quantitative estimate of drug-likeness (QED) is 0.721. The lowest BCUT2D eigenvalue weighted by Crippen LogP contribution is -2.52. The summed E-state index contributed by atoms with van der Waals surface area (Å²) < 4.78 is 50.8. The van der Waals surface area contributed by atoms with E-state index in [0.29, 0.717) is 50.6 Å². The largest absolute Gasteiger partial charge is 0.416 e. The van der Waals surface area contributed by atoms with Crippen molar-refractivity contribution in [2.24, 2.45) is 5.92 Å². The third-order valence-corrected chi connectivity index (χ3v) is 7.02. The number of alkyl halides is 3. The van der Waals surface area contributed by atoms with E-state index in [0.717, 1.165) is 57.8 Å². The smallest absolute Gasteiger partial charge is 0.381 e. The van der Waals surface area contributed by atoms with Gasteiger partial charge >= 0.3 is 6.18 Å². The Bertz CT molecular complexity index is 751. The molecule has 3 fully saturated rings. The highest BCUT2D eigenvalue weighted by molar-refractivity contribution is 5.88. The van der Waals surface area contributed by atoms with E-state index in [1.807, 2.05) is 4.90 Å². The van der Waals surface area contributed by atoms with Gasteiger partial charge in [0.2, 0.25) is 5.91 Å². The molecule has 0 unspecified atom stereocenters. The number of likely N-dealkylation sites (tertiary alicyclic amines) is 1. The van der Waals surface area contributed by atoms with Crippen molar-refractivity contribution in [1.29, 1.82) is 0 Å². The van der Waals surface area contributed by atoms with Gasteiger partial charge in [-0.25, -0.2) is 0 Å². The summed E-state index contributed by atoms with van der Waals surface area (Å²) in [6.07, 6.45) is -1.73. The Morgan fingerprint density at radius 3 is 2.29 bits per heavy atom. The van der Waals surface area contributed by atoms with Crippen molar-refractivity contribution in [2.45, 2.75) is 37.3 Å². The van der Waals surface area contributed by atoms with Crippen LogP contribution < -0.4 is 0 Å². The van der Waals surface area contributed by atoms with Crippen LogP contribution in [0.25, 0.3) is 0 Å². The lowest BCUT2D eigenvalue weighted by atomic mass is 9.72. The summed E-state index contributed by atoms with van der Waals surface area (Å²) in [5.41, 5.74) is -1.17. The number of rotatable bonds is 4. The Morgan fingerprint density at radius 1 is 1.00 bits per heavy atom. The van der Waals surface area contributed by atoms with Gasteiger partial charge in [-0.15, -0.1) is 0 Å². The maximum absolute atomic E-state index is 13.7. The van der Waals surface area contributed by atoms with Crippen molar-refractivity contribution in [2.75, 3.05) is 59.2 Å². The van der Waals surface area contributed by atoms with E-state index in [9.17, 15) is 18.0 Å². The van der Waals surface area contributed by atoms with Gasteiger partial charge in [0.15, 0.2) is 0 Å². The van der Waals surface area contributed by atoms with Crippen molar-refractivity contribution in [3.63, 3.8) is 0 Å². The molecule has 1 amide bonds. The SMILES string of the molecule is O=C(N1CCC(CN2CCOCC2)CC1)C1(c2cccc(C(F)(F)F)c2)CCOCC1. The molecule has 0 bridgehead atoms. The normalized spacial score (nSPS) is 23.6. The van der Waals surface area contributed by atoms with Gasteiger partial charge in [0.25, 0.3) is 0 Å². The summed E-state index contributed by atoms with van der Waals surface area (Å²) in [5, 5.41) is 0. The second-order valence-electron chi connectivity index (χ2n) is 8.92. The van der Waals surface area contributed by atoms with Gasteiger partial charge in [0, 0.05) is 45.9 Å². The van der Waals surface area contributed by atoms with E-state index in [1.165, 1.54) is 6.07 Å². The third-order valence-electron chi connectivity index (χ3n) is 7.02. The Hall–Kier alpha value is -1.64. The van der Waals surface area contributed by atoms with E-state index >= 15 is 0 Å². The van der Waals surface area contributed by atoms with Crippen LogP contribution in [0.2, 0.25) is 0 Å². The Labute approximate surface area is 181 Å². The number of hydrogen-bond donors (Lipinski definition) is 0. The molecule has 0 aliphatic carbocycles. The van der Waals surface area contributed by atoms with E-state index in [1.54, 1.807) is 6.07 Å². The van der Waals surface area contributed by atoms with Crippen LogP contribution in [-0.4, -0.2) is 74.9 Å². The topological polar surface area (TPSA) is 42.0 Å². The Balaban J connectivity index is 1.47. The maximum Gasteiger partial charge on any atom is 0.416 e. The minimum Gasteiger partial charge on any atom is -0.381 e. The summed E-state index contributed by atoms with van der Waals surface area (Å²) in [6, 6.07) is 5.31. The number of halogens is 3. The first-order chi connectivity index (χ1) is 14.9. The Morgan fingerprint density at radius 2 is 1.65 bits per heavy atom. The molecule has 0 aromatic heterocycles. The first-order valence-corrected chi connectivity index (χ1v) is 11.2. The number of hydrogen-bond acceptors (Lipinski definition) is 4. The average Bonchev–Trinajstić information content (AvgIpc) is 2.80. The highest BCUT2D eigenvalue weighted by atomic mass is 19.4. The molecule has 1 aromatic rings. The summed E-state index contributed by atoms with van der Waals surface area (Å²) in [6.45, 7) is 6.58. The van der Waals surface area contributed by atoms with Crippen LogP contribution in [-0.2, 0) is 25.9 Å². The molecule has 31 heavy (non-hydrogen) atoms. The molecule has 0 saturated carbocycles. The van der Waals surface area contributed by atoms with Crippen LogP contribution >= 0.6 is 0 Å². The van der Waals surface area contributed by atoms with Gasteiger partial charge < -0.3 is 14.4 Å². The number of carbonyl (C=O) groups is 1. The molecule has 3 aliphatic heterocycles. The molecule has 172 valence electrons. The van der Waals surface area contributed by atoms with Crippen molar-refractivity contribution >= 4 is 5.91 Å². The number of ether oxygens (including phenoxy) is 2. The fraction of sp³-hybridized carbons (Fsp3) is 0.696. The molecule has 0 atom stereocenters. The molecule has 3 heterocycles. The van der Waals surface area contributed by atoms with Crippen LogP contribution in [0.5, 0.6) is 0 Å². The molecular weight excluding hydrogens is 409 g/mol. The molecule has 5 nitrogen and oxygen atoms in total. The summed E-state index contributed by atoms with van der Waals surface area (Å²) in [5.74, 6) is 0.501. The minimum atomic E-state index is -4.43. The van der Waals surface area contributed by atoms with Gasteiger partial charge in [0.05, 0.1) is 24.2 Å². The third kappa shape index (κ3) is 5.07. The van der Waals surface area contributed by atoms with Crippen LogP contribution in [0.4, 0.5) is 13.2 Å². The van der Waals surface area contributed by atoms with E-state index < -0.39 is 17.2 Å². The number of benzene rings is 1. The van der Waals surface area contributed by atoms with E-state index in [4.69, 9.17) is 9.47 Å². The predicted molar refractivity (Wildman–Crippen MR) is 110 cm³/mol. The van der Waals surface area contributed by atoms with E-state index in [2.05, 4.69) is 4.90 Å². The monoisotopic (exact) mass is 440 g/mol. The van der Waals surface area contributed by atoms with Gasteiger partial charge in [-0.2, -0.15) is 13.2 Å². The van der Waals surface area contributed by atoms with Gasteiger partial charge in [0.1, 0.15) is 0 Å². The summed E-state index contributed by atoms with van der Waals surface area (Å²) in [4.78, 5) is 18.0. The number of nitrogens with zero attached hydrogens (tertiary/aromatic N) is 2. The zero-order valence-corrected chi connectivity index (χ0v) is 17.8. The standard InChI is InChI=1S/C23H31F3N2O3/c24-23(25,26)20-3-1-2-19(16-20)22(6-12-30-13-7-22)21(29)28-8-4-18(5-9-28)17-27-10-14-31-15-11-27/h1-3,16,18H,4-15,17H2. The van der Waals surface area contributed by atoms with Crippen molar-refractivity contribution in [3.8, 4) is 0 Å². The minimum absolute atomic E-state index is 0.0417. The van der Waals surface area contributed by atoms with Crippen molar-refractivity contribution < 1.29 is 27.4 Å². The van der Waals surface area contributed by atoms with Crippen molar-refractivity contribution in [3.05, 3.63) is 35.4 Å². The fourth-order valence-electron chi connectivity index (χ4n) is 5.11. The number of amides is 1. The van der Waals surface area contributed by atoms with Crippen LogP contribution in [0.15, 0.2) is 24.3 Å². The first-order valence-electron chi connectivity index (χ1n) is 11.2. The summed E-state index contributed by atoms with van der Waals surface area (Å²) >= 11 is 0. The lowest BCUT2D eigenvalue weighted by Gasteiger charge is -2.43. The molecule has 0 N–H and O–H groups in total. The lowest BCUT2D eigenvalue weighted by molar-refractivity contribution is -0.143. The Kier molecular flexibility index (Phi) is 6.89. The van der Waals surface area contributed by atoms with Gasteiger partial charge in [-0.05, 0) is 43.2 Å². The molecule has 0 radical (unpaired) electrons. The maximum atomic E-state index is 13.7. The second-order valence-corrected chi connectivity index (χ2v) is 8.92. The second kappa shape index (κ2) is 9.46. The zero-order valence-electron chi connectivity index (χ0n) is 17.8. The van der Waals surface area contributed by atoms with Crippen LogP contribution in [0.3, 0.4) is 0 Å². The molecular formula is C23H31F3N2O3. The molecule has 4 rings (SSSR count). The number of piperidine rings is 1. The summed E-state index contributed by atoms with van der Waals surface area (Å²) in [7, 11) is 0.